The van der Waals surface area contributed by atoms with Gasteiger partial charge in [0.15, 0.2) is 11.4 Å². The molecule has 1 N–H and O–H groups in total. The maximum atomic E-state index is 11.8. The van der Waals surface area contributed by atoms with Gasteiger partial charge in [0.2, 0.25) is 0 Å². The summed E-state index contributed by atoms with van der Waals surface area (Å²) in [5.41, 5.74) is 1.49. The summed E-state index contributed by atoms with van der Waals surface area (Å²) < 4.78 is 5.59. The number of aliphatic imine (C=N–C) groups is 1. The topological polar surface area (TPSA) is 74.5 Å². The van der Waals surface area contributed by atoms with Crippen LogP contribution in [0.2, 0.25) is 0 Å². The number of carbonyl (C=O) groups excluding carboxylic acids is 1. The molecule has 21 heavy (non-hydrogen) atoms. The second kappa shape index (κ2) is 6.86. The van der Waals surface area contributed by atoms with Gasteiger partial charge in [0, 0.05) is 6.21 Å². The molecule has 0 bridgehead atoms. The zero-order valence-electron chi connectivity index (χ0n) is 11.3. The molecule has 0 radical (unpaired) electrons. The van der Waals surface area contributed by atoms with E-state index in [1.165, 1.54) is 0 Å². The highest BCUT2D eigenvalue weighted by Gasteiger charge is 2.20. The van der Waals surface area contributed by atoms with E-state index < -0.39 is 5.97 Å². The van der Waals surface area contributed by atoms with E-state index in [4.69, 9.17) is 10.00 Å². The zero-order valence-corrected chi connectivity index (χ0v) is 12.8. The van der Waals surface area contributed by atoms with Crippen LogP contribution in [0.15, 0.2) is 51.2 Å². The fraction of sp³-hybridized carbons (Fsp3) is 0.133. The maximum Gasteiger partial charge on any atom is 0.352 e. The van der Waals surface area contributed by atoms with E-state index in [1.54, 1.807) is 13.1 Å². The van der Waals surface area contributed by atoms with Crippen molar-refractivity contribution in [3.63, 3.8) is 0 Å². The van der Waals surface area contributed by atoms with Crippen LogP contribution in [0.4, 0.5) is 0 Å². The molecular formula is C15H12BrN3O2. The number of hydrogen-bond acceptors (Lipinski definition) is 5. The number of hydrogen-bond donors (Lipinski definition) is 1. The molecule has 2 rings (SSSR count). The number of nitrogens with one attached hydrogen (secondary N) is 1. The molecule has 106 valence electrons. The van der Waals surface area contributed by atoms with Crippen molar-refractivity contribution in [2.75, 3.05) is 6.61 Å². The molecule has 0 aliphatic carbocycles. The van der Waals surface area contributed by atoms with Crippen LogP contribution in [-0.2, 0) is 9.53 Å². The van der Waals surface area contributed by atoms with E-state index in [1.807, 2.05) is 36.4 Å². The predicted molar refractivity (Wildman–Crippen MR) is 83.2 cm³/mol. The Bertz CT molecular complexity index is 685. The molecule has 0 amide bonds. The second-order valence-corrected chi connectivity index (χ2v) is 4.88. The van der Waals surface area contributed by atoms with E-state index in [9.17, 15) is 4.79 Å². The summed E-state index contributed by atoms with van der Waals surface area (Å²) in [6, 6.07) is 11.4. The van der Waals surface area contributed by atoms with Gasteiger partial charge in [-0.25, -0.2) is 9.79 Å². The Morgan fingerprint density at radius 3 is 2.76 bits per heavy atom. The van der Waals surface area contributed by atoms with Crippen LogP contribution in [0.1, 0.15) is 12.5 Å². The van der Waals surface area contributed by atoms with Gasteiger partial charge in [0.25, 0.3) is 0 Å². The summed E-state index contributed by atoms with van der Waals surface area (Å²) in [4.78, 5) is 15.8. The van der Waals surface area contributed by atoms with Crippen molar-refractivity contribution in [2.24, 2.45) is 4.99 Å². The third-order valence-electron chi connectivity index (χ3n) is 2.68. The average molecular weight is 346 g/mol. The number of rotatable bonds is 3. The Hall–Kier alpha value is -2.39. The smallest absolute Gasteiger partial charge is 0.352 e. The molecule has 6 heteroatoms. The van der Waals surface area contributed by atoms with Gasteiger partial charge in [-0.2, -0.15) is 5.26 Å². The Kier molecular flexibility index (Phi) is 4.90. The lowest BCUT2D eigenvalue weighted by Gasteiger charge is -2.17. The average Bonchev–Trinajstić information content (AvgIpc) is 2.51. The van der Waals surface area contributed by atoms with Gasteiger partial charge >= 0.3 is 5.97 Å². The van der Waals surface area contributed by atoms with Crippen LogP contribution < -0.4 is 5.32 Å². The lowest BCUT2D eigenvalue weighted by Crippen LogP contribution is -2.21. The van der Waals surface area contributed by atoms with Crippen LogP contribution in [0.25, 0.3) is 5.70 Å². The minimum atomic E-state index is -0.690. The van der Waals surface area contributed by atoms with Crippen molar-refractivity contribution in [3.8, 4) is 6.07 Å². The summed E-state index contributed by atoms with van der Waals surface area (Å²) in [6.45, 7) is 1.88. The Morgan fingerprint density at radius 1 is 1.43 bits per heavy atom. The van der Waals surface area contributed by atoms with Crippen LogP contribution in [0.5, 0.6) is 0 Å². The number of benzene rings is 1. The van der Waals surface area contributed by atoms with E-state index >= 15 is 0 Å². The highest BCUT2D eigenvalue weighted by Crippen LogP contribution is 2.25. The van der Waals surface area contributed by atoms with Gasteiger partial charge in [-0.1, -0.05) is 30.3 Å². The number of nitriles is 1. The lowest BCUT2D eigenvalue weighted by molar-refractivity contribution is -0.138. The number of carbonyl (C=O) groups is 1. The largest absolute Gasteiger partial charge is 0.462 e. The molecule has 1 heterocycles. The molecule has 0 saturated heterocycles. The molecule has 0 fully saturated rings. The van der Waals surface area contributed by atoms with Crippen molar-refractivity contribution in [1.29, 1.82) is 5.26 Å². The van der Waals surface area contributed by atoms with Gasteiger partial charge in [-0.05, 0) is 28.4 Å². The van der Waals surface area contributed by atoms with Crippen molar-refractivity contribution in [2.45, 2.75) is 6.92 Å². The number of ether oxygens (including phenoxy) is 1. The maximum absolute atomic E-state index is 11.8. The van der Waals surface area contributed by atoms with Crippen molar-refractivity contribution in [1.82, 2.24) is 5.32 Å². The van der Waals surface area contributed by atoms with Gasteiger partial charge in [-0.15, -0.1) is 0 Å². The molecule has 0 spiro atoms. The highest BCUT2D eigenvalue weighted by atomic mass is 79.9. The zero-order chi connectivity index (χ0) is 15.2. The van der Waals surface area contributed by atoms with Gasteiger partial charge < -0.3 is 10.1 Å². The summed E-state index contributed by atoms with van der Waals surface area (Å²) in [5.74, 6) is -0.511. The standard InChI is InChI=1S/C15H12BrN3O2/c1-2-21-15(20)11(8-17)14-18-9-12(16)13(19-14)10-6-4-3-5-7-10/h3-7,9,19H,2H2,1H3/b14-11+. The monoisotopic (exact) mass is 345 g/mol. The van der Waals surface area contributed by atoms with Crippen LogP contribution in [-0.4, -0.2) is 18.8 Å². The molecular weight excluding hydrogens is 334 g/mol. The second-order valence-electron chi connectivity index (χ2n) is 4.03. The molecule has 1 aromatic carbocycles. The van der Waals surface area contributed by atoms with Crippen LogP contribution in [0.3, 0.4) is 0 Å². The Balaban J connectivity index is 2.39. The molecule has 0 aromatic heterocycles. The Labute approximate surface area is 130 Å². The molecule has 1 aromatic rings. The predicted octanol–water partition coefficient (Wildman–Crippen LogP) is 2.72. The SMILES string of the molecule is CCOC(=O)/C(C#N)=C1\N=CC(Br)=C(c2ccccc2)N1. The first-order chi connectivity index (χ1) is 10.2. The quantitative estimate of drug-likeness (QED) is 0.519. The molecule has 0 saturated carbocycles. The fourth-order valence-electron chi connectivity index (χ4n) is 1.74. The Morgan fingerprint density at radius 2 is 2.14 bits per heavy atom. The summed E-state index contributed by atoms with van der Waals surface area (Å²) in [5, 5.41) is 12.1. The summed E-state index contributed by atoms with van der Waals surface area (Å²) in [7, 11) is 0. The normalized spacial score (nSPS) is 16.0. The first-order valence-electron chi connectivity index (χ1n) is 6.25. The summed E-state index contributed by atoms with van der Waals surface area (Å²) >= 11 is 3.40. The molecule has 1 aliphatic rings. The minimum absolute atomic E-state index is 0.151. The van der Waals surface area contributed by atoms with Crippen LogP contribution in [0, 0.1) is 11.3 Å². The van der Waals surface area contributed by atoms with Crippen LogP contribution >= 0.6 is 15.9 Å². The number of nitrogens with zero attached hydrogens (tertiary/aromatic N) is 2. The number of halogens is 1. The fourth-order valence-corrected chi connectivity index (χ4v) is 2.17. The van der Waals surface area contributed by atoms with E-state index in [0.29, 0.717) is 0 Å². The molecule has 0 atom stereocenters. The van der Waals surface area contributed by atoms with E-state index in [2.05, 4.69) is 26.2 Å². The van der Waals surface area contributed by atoms with Crippen molar-refractivity contribution in [3.05, 3.63) is 51.8 Å². The molecule has 5 nitrogen and oxygen atoms in total. The van der Waals surface area contributed by atoms with Crippen molar-refractivity contribution >= 4 is 33.8 Å². The molecule has 1 aliphatic heterocycles. The van der Waals surface area contributed by atoms with Gasteiger partial charge in [-0.3, -0.25) is 0 Å². The van der Waals surface area contributed by atoms with E-state index in [0.717, 1.165) is 15.7 Å². The highest BCUT2D eigenvalue weighted by molar-refractivity contribution is 9.12. The minimum Gasteiger partial charge on any atom is -0.462 e. The molecule has 0 unspecified atom stereocenters. The number of esters is 1. The third kappa shape index (κ3) is 3.38. The first-order valence-corrected chi connectivity index (χ1v) is 7.04. The summed E-state index contributed by atoms with van der Waals surface area (Å²) in [6.07, 6.45) is 1.55. The van der Waals surface area contributed by atoms with Gasteiger partial charge in [0.1, 0.15) is 6.07 Å². The van der Waals surface area contributed by atoms with E-state index in [-0.39, 0.29) is 18.0 Å². The van der Waals surface area contributed by atoms with Crippen molar-refractivity contribution < 1.29 is 9.53 Å². The number of allylic oxidation sites excluding steroid dienone is 1. The lowest BCUT2D eigenvalue weighted by atomic mass is 10.1. The first kappa shape index (κ1) is 15.0. The third-order valence-corrected chi connectivity index (χ3v) is 3.28. The van der Waals surface area contributed by atoms with Gasteiger partial charge in [0.05, 0.1) is 16.8 Å².